The zero-order chi connectivity index (χ0) is 18.1. The van der Waals surface area contributed by atoms with E-state index in [1.54, 1.807) is 25.3 Å². The maximum atomic E-state index is 10.3. The summed E-state index contributed by atoms with van der Waals surface area (Å²) in [5, 5.41) is 11.4. The number of nitrogens with zero attached hydrogens (tertiary/aromatic N) is 2. The Morgan fingerprint density at radius 3 is 2.81 bits per heavy atom. The van der Waals surface area contributed by atoms with Gasteiger partial charge in [0.2, 0.25) is 0 Å². The molecular formula is C19H15BrN2O2S2. The third-order valence-electron chi connectivity index (χ3n) is 3.92. The van der Waals surface area contributed by atoms with Crippen LogP contribution in [0, 0.1) is 0 Å². The molecule has 0 aliphatic carbocycles. The van der Waals surface area contributed by atoms with Gasteiger partial charge in [0, 0.05) is 35.3 Å². The molecule has 3 heterocycles. The van der Waals surface area contributed by atoms with E-state index >= 15 is 0 Å². The number of benzene rings is 1. The Morgan fingerprint density at radius 2 is 2.04 bits per heavy atom. The van der Waals surface area contributed by atoms with Gasteiger partial charge in [-0.05, 0) is 52.1 Å². The molecular weight excluding hydrogens is 432 g/mol. The topological polar surface area (TPSA) is 47.3 Å². The Bertz CT molecular complexity index is 1060. The molecule has 0 radical (unpaired) electrons. The summed E-state index contributed by atoms with van der Waals surface area (Å²) < 4.78 is 7.94. The number of hydrogen-bond acceptors (Lipinski definition) is 5. The summed E-state index contributed by atoms with van der Waals surface area (Å²) >= 11 is 6.68. The van der Waals surface area contributed by atoms with E-state index in [0.29, 0.717) is 11.1 Å². The average molecular weight is 447 g/mol. The summed E-state index contributed by atoms with van der Waals surface area (Å²) in [6.45, 7) is 0.383. The first-order chi connectivity index (χ1) is 12.7. The highest BCUT2D eigenvalue weighted by atomic mass is 79.9. The van der Waals surface area contributed by atoms with Gasteiger partial charge in [-0.15, -0.1) is 11.3 Å². The van der Waals surface area contributed by atoms with Crippen molar-refractivity contribution >= 4 is 50.2 Å². The largest absolute Gasteiger partial charge is 0.505 e. The fourth-order valence-electron chi connectivity index (χ4n) is 2.73. The van der Waals surface area contributed by atoms with Gasteiger partial charge < -0.3 is 9.84 Å². The van der Waals surface area contributed by atoms with Crippen LogP contribution in [0.25, 0.3) is 21.5 Å². The molecule has 1 aromatic carbocycles. The zero-order valence-corrected chi connectivity index (χ0v) is 17.1. The Hall–Kier alpha value is -1.80. The van der Waals surface area contributed by atoms with Crippen molar-refractivity contribution < 1.29 is 9.84 Å². The maximum Gasteiger partial charge on any atom is 0.150 e. The number of thiophene rings is 1. The van der Waals surface area contributed by atoms with Gasteiger partial charge in [-0.3, -0.25) is 3.97 Å². The highest BCUT2D eigenvalue weighted by molar-refractivity contribution is 9.10. The molecule has 0 fully saturated rings. The van der Waals surface area contributed by atoms with Crippen LogP contribution in [0.2, 0.25) is 0 Å². The first kappa shape index (κ1) is 17.6. The van der Waals surface area contributed by atoms with Gasteiger partial charge >= 0.3 is 0 Å². The summed E-state index contributed by atoms with van der Waals surface area (Å²) in [5.41, 5.74) is 1.93. The van der Waals surface area contributed by atoms with Crippen LogP contribution in [0.1, 0.15) is 4.88 Å². The highest BCUT2D eigenvalue weighted by Crippen LogP contribution is 2.47. The number of methoxy groups -OCH3 is 1. The van der Waals surface area contributed by atoms with Crippen LogP contribution in [-0.2, 0) is 11.3 Å². The highest BCUT2D eigenvalue weighted by Gasteiger charge is 2.19. The third kappa shape index (κ3) is 3.16. The van der Waals surface area contributed by atoms with E-state index in [-0.39, 0.29) is 5.75 Å². The summed E-state index contributed by atoms with van der Waals surface area (Å²) in [7, 11) is 1.62. The van der Waals surface area contributed by atoms with E-state index < -0.39 is 0 Å². The van der Waals surface area contributed by atoms with Gasteiger partial charge in [0.15, 0.2) is 5.65 Å². The summed E-state index contributed by atoms with van der Waals surface area (Å²) in [4.78, 5) is 7.49. The van der Waals surface area contributed by atoms with Crippen molar-refractivity contribution in [1.29, 1.82) is 0 Å². The molecule has 0 aliphatic heterocycles. The SMILES string of the molecule is COCc1sc(-c2ccnc3c2ccn3Sc2ccccc2)c(Br)c1O. The van der Waals surface area contributed by atoms with Gasteiger partial charge in [-0.25, -0.2) is 4.98 Å². The number of fused-ring (bicyclic) bond motifs is 1. The molecule has 3 aromatic heterocycles. The number of aromatic nitrogens is 2. The fourth-order valence-corrected chi connectivity index (χ4v) is 5.51. The Kier molecular flexibility index (Phi) is 5.04. The van der Waals surface area contributed by atoms with Crippen molar-refractivity contribution in [1.82, 2.24) is 8.96 Å². The van der Waals surface area contributed by atoms with Crippen LogP contribution in [0.3, 0.4) is 0 Å². The molecule has 7 heteroatoms. The lowest BCUT2D eigenvalue weighted by atomic mass is 10.1. The van der Waals surface area contributed by atoms with Gasteiger partial charge in [0.25, 0.3) is 0 Å². The predicted molar refractivity (Wildman–Crippen MR) is 111 cm³/mol. The maximum absolute atomic E-state index is 10.3. The number of hydrogen-bond donors (Lipinski definition) is 1. The number of halogens is 1. The second-order valence-corrected chi connectivity index (χ2v) is 8.54. The number of aromatic hydroxyl groups is 1. The second kappa shape index (κ2) is 7.44. The van der Waals surface area contributed by atoms with Gasteiger partial charge in [0.1, 0.15) is 5.75 Å². The quantitative estimate of drug-likeness (QED) is 0.412. The van der Waals surface area contributed by atoms with E-state index in [4.69, 9.17) is 4.74 Å². The van der Waals surface area contributed by atoms with Crippen LogP contribution in [0.4, 0.5) is 0 Å². The van der Waals surface area contributed by atoms with Crippen LogP contribution in [0.5, 0.6) is 5.75 Å². The number of pyridine rings is 1. The molecule has 4 rings (SSSR count). The Labute approximate surface area is 167 Å². The average Bonchev–Trinajstić information content (AvgIpc) is 3.19. The smallest absolute Gasteiger partial charge is 0.150 e. The molecule has 0 spiro atoms. The van der Waals surface area contributed by atoms with E-state index in [0.717, 1.165) is 31.2 Å². The van der Waals surface area contributed by atoms with Gasteiger partial charge in [-0.1, -0.05) is 18.2 Å². The van der Waals surface area contributed by atoms with Gasteiger partial charge in [0.05, 0.1) is 20.8 Å². The molecule has 1 N–H and O–H groups in total. The minimum Gasteiger partial charge on any atom is -0.505 e. The molecule has 0 unspecified atom stereocenters. The zero-order valence-electron chi connectivity index (χ0n) is 13.8. The number of rotatable bonds is 5. The van der Waals surface area contributed by atoms with Crippen molar-refractivity contribution in [3.63, 3.8) is 0 Å². The van der Waals surface area contributed by atoms with Crippen molar-refractivity contribution in [2.45, 2.75) is 11.5 Å². The van der Waals surface area contributed by atoms with Crippen LogP contribution in [0.15, 0.2) is 64.2 Å². The third-order valence-corrected chi connectivity index (χ3v) is 7.11. The standard InChI is InChI=1S/C19H15BrN2O2S2/c1-24-11-15-17(23)16(20)18(25-15)13-7-9-21-19-14(13)8-10-22(19)26-12-5-3-2-4-6-12/h2-10,23H,11H2,1H3. The minimum atomic E-state index is 0.245. The van der Waals surface area contributed by atoms with Crippen LogP contribution in [-0.4, -0.2) is 21.2 Å². The molecule has 26 heavy (non-hydrogen) atoms. The molecule has 0 atom stereocenters. The lowest BCUT2D eigenvalue weighted by molar-refractivity contribution is 0.185. The van der Waals surface area contributed by atoms with Crippen molar-refractivity contribution in [3.8, 4) is 16.2 Å². The molecule has 4 nitrogen and oxygen atoms in total. The molecule has 0 bridgehead atoms. The summed E-state index contributed by atoms with van der Waals surface area (Å²) in [6.07, 6.45) is 3.83. The molecule has 0 saturated heterocycles. The Morgan fingerprint density at radius 1 is 1.23 bits per heavy atom. The van der Waals surface area contributed by atoms with E-state index in [1.165, 1.54) is 11.3 Å². The minimum absolute atomic E-state index is 0.245. The van der Waals surface area contributed by atoms with E-state index in [2.05, 4.69) is 43.1 Å². The van der Waals surface area contributed by atoms with Crippen LogP contribution >= 0.6 is 39.2 Å². The molecule has 0 saturated carbocycles. The second-order valence-electron chi connectivity index (χ2n) is 5.59. The first-order valence-electron chi connectivity index (χ1n) is 7.88. The monoisotopic (exact) mass is 446 g/mol. The molecule has 0 aliphatic rings. The summed E-state index contributed by atoms with van der Waals surface area (Å²) in [5.74, 6) is 0.245. The van der Waals surface area contributed by atoms with E-state index in [1.807, 2.05) is 30.5 Å². The fraction of sp³-hybridized carbons (Fsp3) is 0.105. The van der Waals surface area contributed by atoms with E-state index in [9.17, 15) is 5.11 Å². The lowest BCUT2D eigenvalue weighted by Crippen LogP contribution is -1.88. The Balaban J connectivity index is 1.79. The van der Waals surface area contributed by atoms with Crippen LogP contribution < -0.4 is 0 Å². The normalized spacial score (nSPS) is 11.3. The number of ether oxygens (including phenoxy) is 1. The summed E-state index contributed by atoms with van der Waals surface area (Å²) in [6, 6.07) is 14.2. The first-order valence-corrected chi connectivity index (χ1v) is 10.3. The lowest BCUT2D eigenvalue weighted by Gasteiger charge is -2.05. The predicted octanol–water partition coefficient (Wildman–Crippen LogP) is 5.93. The van der Waals surface area contributed by atoms with Crippen molar-refractivity contribution in [2.24, 2.45) is 0 Å². The van der Waals surface area contributed by atoms with Crippen molar-refractivity contribution in [2.75, 3.05) is 7.11 Å². The molecule has 132 valence electrons. The van der Waals surface area contributed by atoms with Gasteiger partial charge in [-0.2, -0.15) is 0 Å². The molecule has 0 amide bonds. The molecule has 4 aromatic rings. The van der Waals surface area contributed by atoms with Crippen molar-refractivity contribution in [3.05, 3.63) is 64.2 Å².